The van der Waals surface area contributed by atoms with E-state index in [9.17, 15) is 4.79 Å². The van der Waals surface area contributed by atoms with Gasteiger partial charge in [0.2, 0.25) is 0 Å². The van der Waals surface area contributed by atoms with Crippen LogP contribution >= 0.6 is 11.3 Å². The topological polar surface area (TPSA) is 45.7 Å². The largest absolute Gasteiger partial charge is 0.376 e. The predicted molar refractivity (Wildman–Crippen MR) is 98.8 cm³/mol. The number of likely N-dealkylation sites (tertiary alicyclic amines) is 1. The Hall–Kier alpha value is -0.980. The van der Waals surface area contributed by atoms with Crippen molar-refractivity contribution in [2.75, 3.05) is 32.8 Å². The quantitative estimate of drug-likeness (QED) is 0.746. The van der Waals surface area contributed by atoms with Gasteiger partial charge in [-0.1, -0.05) is 6.42 Å². The lowest BCUT2D eigenvalue weighted by Gasteiger charge is -2.33. The molecule has 6 heteroatoms. The van der Waals surface area contributed by atoms with Crippen molar-refractivity contribution in [3.05, 3.63) is 16.1 Å². The van der Waals surface area contributed by atoms with E-state index in [1.165, 1.54) is 32.1 Å². The molecule has 138 valence electrons. The minimum absolute atomic E-state index is 0.160. The highest BCUT2D eigenvalue weighted by Gasteiger charge is 2.29. The van der Waals surface area contributed by atoms with Crippen molar-refractivity contribution in [3.63, 3.8) is 0 Å². The fraction of sp³-hybridized carbons (Fsp3) is 0.789. The number of aromatic nitrogens is 1. The Balaban J connectivity index is 1.40. The fourth-order valence-electron chi connectivity index (χ4n) is 4.03. The zero-order valence-electron chi connectivity index (χ0n) is 15.0. The van der Waals surface area contributed by atoms with Crippen LogP contribution in [0.1, 0.15) is 59.6 Å². The summed E-state index contributed by atoms with van der Waals surface area (Å²) in [7, 11) is 0. The molecule has 2 aliphatic heterocycles. The summed E-state index contributed by atoms with van der Waals surface area (Å²) < 4.78 is 5.78. The van der Waals surface area contributed by atoms with Gasteiger partial charge >= 0.3 is 0 Å². The summed E-state index contributed by atoms with van der Waals surface area (Å²) in [5, 5.41) is 1.07. The van der Waals surface area contributed by atoms with Crippen LogP contribution in [0.25, 0.3) is 0 Å². The van der Waals surface area contributed by atoms with Gasteiger partial charge in [0.25, 0.3) is 5.91 Å². The van der Waals surface area contributed by atoms with E-state index < -0.39 is 0 Å². The Morgan fingerprint density at radius 2 is 2.04 bits per heavy atom. The molecule has 0 spiro atoms. The molecule has 0 N–H and O–H groups in total. The number of amides is 1. The molecule has 4 rings (SSSR count). The third kappa shape index (κ3) is 4.41. The second kappa shape index (κ2) is 8.14. The molecule has 25 heavy (non-hydrogen) atoms. The third-order valence-corrected chi connectivity index (χ3v) is 6.73. The normalized spacial score (nSPS) is 24.6. The van der Waals surface area contributed by atoms with Gasteiger partial charge in [-0.2, -0.15) is 0 Å². The number of hydrogen-bond donors (Lipinski definition) is 0. The summed E-state index contributed by atoms with van der Waals surface area (Å²) in [4.78, 5) is 22.9. The number of rotatable bonds is 7. The van der Waals surface area contributed by atoms with Gasteiger partial charge in [0, 0.05) is 19.7 Å². The summed E-state index contributed by atoms with van der Waals surface area (Å²) in [6.45, 7) is 5.70. The van der Waals surface area contributed by atoms with E-state index >= 15 is 0 Å². The zero-order valence-corrected chi connectivity index (χ0v) is 15.8. The average Bonchev–Trinajstić information content (AvgIpc) is 3.32. The fourth-order valence-corrected chi connectivity index (χ4v) is 4.96. The Morgan fingerprint density at radius 1 is 1.20 bits per heavy atom. The van der Waals surface area contributed by atoms with Crippen LogP contribution in [0.15, 0.2) is 6.20 Å². The highest BCUT2D eigenvalue weighted by Crippen LogP contribution is 2.29. The second-order valence-corrected chi connectivity index (χ2v) is 8.86. The number of carbonyl (C=O) groups excluding carboxylic acids is 1. The molecule has 5 nitrogen and oxygen atoms in total. The summed E-state index contributed by atoms with van der Waals surface area (Å²) in [6, 6.07) is 0. The minimum Gasteiger partial charge on any atom is -0.376 e. The van der Waals surface area contributed by atoms with Gasteiger partial charge in [-0.15, -0.1) is 11.3 Å². The van der Waals surface area contributed by atoms with Gasteiger partial charge in [-0.3, -0.25) is 9.69 Å². The van der Waals surface area contributed by atoms with Crippen LogP contribution in [0.3, 0.4) is 0 Å². The van der Waals surface area contributed by atoms with E-state index in [-0.39, 0.29) is 12.0 Å². The molecule has 1 aromatic rings. The van der Waals surface area contributed by atoms with Crippen molar-refractivity contribution in [2.24, 2.45) is 5.92 Å². The highest BCUT2D eigenvalue weighted by atomic mass is 32.1. The molecule has 3 fully saturated rings. The molecule has 1 amide bonds. The van der Waals surface area contributed by atoms with Crippen molar-refractivity contribution in [1.29, 1.82) is 0 Å². The Bertz CT molecular complexity index is 575. The Labute approximate surface area is 154 Å². The maximum Gasteiger partial charge on any atom is 0.265 e. The standard InChI is InChI=1S/C19H29N3O2S/c23-19(17-11-20-18(25-17)14-21-8-1-2-9-21)22(12-15-5-3-6-15)13-16-7-4-10-24-16/h11,15-16H,1-10,12-14H2/t16-/m0/s1. The van der Waals surface area contributed by atoms with Gasteiger partial charge < -0.3 is 9.64 Å². The first kappa shape index (κ1) is 17.4. The lowest BCUT2D eigenvalue weighted by Crippen LogP contribution is -2.41. The molecule has 1 atom stereocenters. The Kier molecular flexibility index (Phi) is 5.68. The first-order chi connectivity index (χ1) is 12.3. The monoisotopic (exact) mass is 363 g/mol. The van der Waals surface area contributed by atoms with E-state index in [4.69, 9.17) is 4.74 Å². The number of ether oxygens (including phenoxy) is 1. The maximum atomic E-state index is 13.1. The van der Waals surface area contributed by atoms with Crippen LogP contribution in [0.4, 0.5) is 0 Å². The Morgan fingerprint density at radius 3 is 2.72 bits per heavy atom. The lowest BCUT2D eigenvalue weighted by molar-refractivity contribution is 0.0451. The molecular formula is C19H29N3O2S. The maximum absolute atomic E-state index is 13.1. The molecular weight excluding hydrogens is 334 g/mol. The molecule has 3 aliphatic rings. The van der Waals surface area contributed by atoms with E-state index in [1.807, 2.05) is 4.90 Å². The van der Waals surface area contributed by atoms with E-state index in [0.29, 0.717) is 5.92 Å². The summed E-state index contributed by atoms with van der Waals surface area (Å²) >= 11 is 1.58. The summed E-state index contributed by atoms with van der Waals surface area (Å²) in [5.74, 6) is 0.843. The van der Waals surface area contributed by atoms with Crippen molar-refractivity contribution in [3.8, 4) is 0 Å². The van der Waals surface area contributed by atoms with Gasteiger partial charge in [0.1, 0.15) is 9.88 Å². The van der Waals surface area contributed by atoms with Gasteiger partial charge in [-0.25, -0.2) is 4.98 Å². The number of carbonyl (C=O) groups is 1. The van der Waals surface area contributed by atoms with Gasteiger partial charge in [0.15, 0.2) is 0 Å². The summed E-state index contributed by atoms with van der Waals surface area (Å²) in [6.07, 6.45) is 10.6. The van der Waals surface area contributed by atoms with Crippen LogP contribution in [0.5, 0.6) is 0 Å². The second-order valence-electron chi connectivity index (χ2n) is 7.74. The molecule has 3 heterocycles. The number of thiazole rings is 1. The van der Waals surface area contributed by atoms with E-state index in [1.54, 1.807) is 17.5 Å². The van der Waals surface area contributed by atoms with E-state index in [2.05, 4.69) is 9.88 Å². The third-order valence-electron chi connectivity index (χ3n) is 5.76. The first-order valence-electron chi connectivity index (χ1n) is 9.86. The average molecular weight is 364 g/mol. The molecule has 2 saturated heterocycles. The minimum atomic E-state index is 0.160. The molecule has 1 aliphatic carbocycles. The highest BCUT2D eigenvalue weighted by molar-refractivity contribution is 7.13. The number of nitrogens with zero attached hydrogens (tertiary/aromatic N) is 3. The molecule has 0 bridgehead atoms. The first-order valence-corrected chi connectivity index (χ1v) is 10.7. The van der Waals surface area contributed by atoms with Crippen molar-refractivity contribution in [1.82, 2.24) is 14.8 Å². The van der Waals surface area contributed by atoms with Crippen LogP contribution in [0.2, 0.25) is 0 Å². The van der Waals surface area contributed by atoms with Crippen LogP contribution in [0, 0.1) is 5.92 Å². The summed E-state index contributed by atoms with van der Waals surface area (Å²) in [5.41, 5.74) is 0. The van der Waals surface area contributed by atoms with Gasteiger partial charge in [0.05, 0.1) is 18.8 Å². The molecule has 0 unspecified atom stereocenters. The molecule has 0 radical (unpaired) electrons. The zero-order chi connectivity index (χ0) is 17.1. The van der Waals surface area contributed by atoms with E-state index in [0.717, 1.165) is 62.1 Å². The molecule has 1 aromatic heterocycles. The van der Waals surface area contributed by atoms with Crippen molar-refractivity contribution >= 4 is 17.2 Å². The molecule has 0 aromatic carbocycles. The smallest absolute Gasteiger partial charge is 0.265 e. The van der Waals surface area contributed by atoms with Gasteiger partial charge in [-0.05, 0) is 57.5 Å². The predicted octanol–water partition coefficient (Wildman–Crippen LogP) is 3.16. The SMILES string of the molecule is O=C(c1cnc(CN2CCCC2)s1)N(CC1CCC1)C[C@@H]1CCCO1. The van der Waals surface area contributed by atoms with Crippen molar-refractivity contribution < 1.29 is 9.53 Å². The van der Waals surface area contributed by atoms with Crippen LogP contribution in [-0.2, 0) is 11.3 Å². The molecule has 1 saturated carbocycles. The van der Waals surface area contributed by atoms with Crippen molar-refractivity contribution in [2.45, 2.75) is 57.6 Å². The number of hydrogen-bond acceptors (Lipinski definition) is 5. The van der Waals surface area contributed by atoms with Crippen LogP contribution < -0.4 is 0 Å². The lowest BCUT2D eigenvalue weighted by atomic mass is 9.85. The van der Waals surface area contributed by atoms with Crippen LogP contribution in [-0.4, -0.2) is 59.6 Å².